The van der Waals surface area contributed by atoms with Gasteiger partial charge in [0.05, 0.1) is 0 Å². The lowest BCUT2D eigenvalue weighted by Gasteiger charge is -2.08. The van der Waals surface area contributed by atoms with Crippen LogP contribution in [-0.4, -0.2) is 25.5 Å². The summed E-state index contributed by atoms with van der Waals surface area (Å²) in [6.45, 7) is 4.87. The maximum absolute atomic E-state index is 11.9. The fourth-order valence-electron chi connectivity index (χ4n) is 1.99. The molecule has 0 aromatic heterocycles. The first-order valence-corrected chi connectivity index (χ1v) is 7.55. The number of amides is 1. The Labute approximate surface area is 131 Å². The molecule has 0 aliphatic rings. The minimum Gasteiger partial charge on any atom is -0.489 e. The van der Waals surface area contributed by atoms with Crippen LogP contribution in [0.15, 0.2) is 54.6 Å². The molecule has 0 spiro atoms. The van der Waals surface area contributed by atoms with Crippen molar-refractivity contribution < 1.29 is 9.53 Å². The summed E-state index contributed by atoms with van der Waals surface area (Å²) >= 11 is 0. The minimum absolute atomic E-state index is 0.0625. The van der Waals surface area contributed by atoms with Crippen molar-refractivity contribution in [1.29, 1.82) is 0 Å². The van der Waals surface area contributed by atoms with Crippen molar-refractivity contribution in [2.24, 2.45) is 0 Å². The standard InChI is InChI=1S/C18H22N2O2/c1-2-19-12-13-20-18(21)16-8-10-17(11-9-16)22-14-15-6-4-3-5-7-15/h3-11,19H,2,12-14H2,1H3,(H,20,21). The van der Waals surface area contributed by atoms with Crippen LogP contribution in [0.5, 0.6) is 5.75 Å². The first kappa shape index (κ1) is 16.0. The molecule has 116 valence electrons. The molecular weight excluding hydrogens is 276 g/mol. The van der Waals surface area contributed by atoms with Crippen molar-refractivity contribution in [2.45, 2.75) is 13.5 Å². The van der Waals surface area contributed by atoms with Crippen molar-refractivity contribution in [3.8, 4) is 5.75 Å². The van der Waals surface area contributed by atoms with Gasteiger partial charge in [-0.1, -0.05) is 37.3 Å². The molecule has 0 heterocycles. The summed E-state index contributed by atoms with van der Waals surface area (Å²) in [5.41, 5.74) is 1.76. The van der Waals surface area contributed by atoms with Gasteiger partial charge in [-0.25, -0.2) is 0 Å². The van der Waals surface area contributed by atoms with Crippen LogP contribution in [0.3, 0.4) is 0 Å². The summed E-state index contributed by atoms with van der Waals surface area (Å²) in [4.78, 5) is 11.9. The van der Waals surface area contributed by atoms with Crippen LogP contribution in [0.25, 0.3) is 0 Å². The molecule has 4 nitrogen and oxygen atoms in total. The molecule has 2 N–H and O–H groups in total. The molecular formula is C18H22N2O2. The number of carbonyl (C=O) groups is 1. The molecule has 1 amide bonds. The van der Waals surface area contributed by atoms with Crippen molar-refractivity contribution in [1.82, 2.24) is 10.6 Å². The van der Waals surface area contributed by atoms with Gasteiger partial charge in [0.2, 0.25) is 0 Å². The quantitative estimate of drug-likeness (QED) is 0.737. The van der Waals surface area contributed by atoms with E-state index in [0.717, 1.165) is 24.4 Å². The van der Waals surface area contributed by atoms with E-state index < -0.39 is 0 Å². The number of ether oxygens (including phenoxy) is 1. The summed E-state index contributed by atoms with van der Waals surface area (Å²) in [5.74, 6) is 0.695. The van der Waals surface area contributed by atoms with Gasteiger partial charge >= 0.3 is 0 Å². The van der Waals surface area contributed by atoms with Crippen LogP contribution in [-0.2, 0) is 6.61 Å². The fraction of sp³-hybridized carbons (Fsp3) is 0.278. The van der Waals surface area contributed by atoms with Crippen LogP contribution in [0, 0.1) is 0 Å². The summed E-state index contributed by atoms with van der Waals surface area (Å²) in [7, 11) is 0. The van der Waals surface area contributed by atoms with Gasteiger partial charge in [-0.3, -0.25) is 4.79 Å². The van der Waals surface area contributed by atoms with E-state index in [0.29, 0.717) is 18.7 Å². The summed E-state index contributed by atoms with van der Waals surface area (Å²) in [6, 6.07) is 17.2. The zero-order chi connectivity index (χ0) is 15.6. The van der Waals surface area contributed by atoms with E-state index >= 15 is 0 Å². The zero-order valence-electron chi connectivity index (χ0n) is 12.8. The van der Waals surface area contributed by atoms with Gasteiger partial charge in [0, 0.05) is 18.7 Å². The molecule has 0 radical (unpaired) electrons. The van der Waals surface area contributed by atoms with Gasteiger partial charge in [-0.15, -0.1) is 0 Å². The van der Waals surface area contributed by atoms with Gasteiger partial charge in [0.25, 0.3) is 5.91 Å². The molecule has 4 heteroatoms. The Morgan fingerprint density at radius 3 is 2.41 bits per heavy atom. The second-order valence-electron chi connectivity index (χ2n) is 4.91. The minimum atomic E-state index is -0.0625. The van der Waals surface area contributed by atoms with Gasteiger partial charge in [-0.05, 0) is 36.4 Å². The largest absolute Gasteiger partial charge is 0.489 e. The predicted octanol–water partition coefficient (Wildman–Crippen LogP) is 2.60. The number of likely N-dealkylation sites (N-methyl/N-ethyl adjacent to an activating group) is 1. The highest BCUT2D eigenvalue weighted by Gasteiger charge is 2.04. The van der Waals surface area contributed by atoms with Crippen molar-refractivity contribution >= 4 is 5.91 Å². The normalized spacial score (nSPS) is 10.2. The Morgan fingerprint density at radius 2 is 1.73 bits per heavy atom. The molecule has 0 saturated heterocycles. The molecule has 22 heavy (non-hydrogen) atoms. The monoisotopic (exact) mass is 298 g/mol. The Bertz CT molecular complexity index is 567. The lowest BCUT2D eigenvalue weighted by molar-refractivity contribution is 0.0954. The molecule has 2 aromatic rings. The predicted molar refractivity (Wildman–Crippen MR) is 88.1 cm³/mol. The van der Waals surface area contributed by atoms with E-state index in [4.69, 9.17) is 4.74 Å². The summed E-state index contributed by atoms with van der Waals surface area (Å²) in [5, 5.41) is 6.03. The van der Waals surface area contributed by atoms with Crippen molar-refractivity contribution in [3.63, 3.8) is 0 Å². The molecule has 0 saturated carbocycles. The lowest BCUT2D eigenvalue weighted by Crippen LogP contribution is -2.31. The van der Waals surface area contributed by atoms with Crippen LogP contribution >= 0.6 is 0 Å². The lowest BCUT2D eigenvalue weighted by atomic mass is 10.2. The molecule has 2 aromatic carbocycles. The average molecular weight is 298 g/mol. The summed E-state index contributed by atoms with van der Waals surface area (Å²) < 4.78 is 5.70. The highest BCUT2D eigenvalue weighted by molar-refractivity contribution is 5.94. The highest BCUT2D eigenvalue weighted by atomic mass is 16.5. The van der Waals surface area contributed by atoms with Crippen molar-refractivity contribution in [2.75, 3.05) is 19.6 Å². The van der Waals surface area contributed by atoms with Crippen LogP contribution in [0.4, 0.5) is 0 Å². The van der Waals surface area contributed by atoms with E-state index in [1.54, 1.807) is 12.1 Å². The third kappa shape index (κ3) is 5.22. The van der Waals surface area contributed by atoms with Crippen molar-refractivity contribution in [3.05, 3.63) is 65.7 Å². The Kier molecular flexibility index (Phi) is 6.45. The molecule has 0 atom stereocenters. The maximum atomic E-state index is 11.9. The number of nitrogens with one attached hydrogen (secondary N) is 2. The number of rotatable bonds is 8. The van der Waals surface area contributed by atoms with Gasteiger partial charge in [0.1, 0.15) is 12.4 Å². The third-order valence-electron chi connectivity index (χ3n) is 3.20. The Balaban J connectivity index is 1.81. The van der Waals surface area contributed by atoms with Gasteiger partial charge in [-0.2, -0.15) is 0 Å². The van der Waals surface area contributed by atoms with E-state index in [1.807, 2.05) is 49.4 Å². The zero-order valence-corrected chi connectivity index (χ0v) is 12.8. The Morgan fingerprint density at radius 1 is 1.00 bits per heavy atom. The fourth-order valence-corrected chi connectivity index (χ4v) is 1.99. The third-order valence-corrected chi connectivity index (χ3v) is 3.20. The average Bonchev–Trinajstić information content (AvgIpc) is 2.58. The number of carbonyl (C=O) groups excluding carboxylic acids is 1. The first-order valence-electron chi connectivity index (χ1n) is 7.55. The molecule has 2 rings (SSSR count). The van der Waals surface area contributed by atoms with Crippen LogP contribution < -0.4 is 15.4 Å². The highest BCUT2D eigenvalue weighted by Crippen LogP contribution is 2.14. The topological polar surface area (TPSA) is 50.4 Å². The molecule has 0 aliphatic carbocycles. The van der Waals surface area contributed by atoms with Gasteiger partial charge < -0.3 is 15.4 Å². The number of hydrogen-bond donors (Lipinski definition) is 2. The molecule has 0 aliphatic heterocycles. The second-order valence-corrected chi connectivity index (χ2v) is 4.91. The summed E-state index contributed by atoms with van der Waals surface area (Å²) in [6.07, 6.45) is 0. The van der Waals surface area contributed by atoms with E-state index in [2.05, 4.69) is 10.6 Å². The SMILES string of the molecule is CCNCCNC(=O)c1ccc(OCc2ccccc2)cc1. The van der Waals surface area contributed by atoms with Crippen LogP contribution in [0.2, 0.25) is 0 Å². The molecule has 0 bridgehead atoms. The van der Waals surface area contributed by atoms with Crippen LogP contribution in [0.1, 0.15) is 22.8 Å². The van der Waals surface area contributed by atoms with E-state index in [9.17, 15) is 4.79 Å². The molecule has 0 unspecified atom stereocenters. The number of hydrogen-bond acceptors (Lipinski definition) is 3. The Hall–Kier alpha value is -2.33. The van der Waals surface area contributed by atoms with E-state index in [-0.39, 0.29) is 5.91 Å². The molecule has 0 fully saturated rings. The van der Waals surface area contributed by atoms with E-state index in [1.165, 1.54) is 0 Å². The maximum Gasteiger partial charge on any atom is 0.251 e. The second kappa shape index (κ2) is 8.85. The number of benzene rings is 2. The van der Waals surface area contributed by atoms with Gasteiger partial charge in [0.15, 0.2) is 0 Å². The first-order chi connectivity index (χ1) is 10.8. The smallest absolute Gasteiger partial charge is 0.251 e.